The fourth-order valence-electron chi connectivity index (χ4n) is 5.52. The lowest BCUT2D eigenvalue weighted by Gasteiger charge is -2.33. The largest absolute Gasteiger partial charge is 0.478 e. The minimum absolute atomic E-state index is 0.224. The van der Waals surface area contributed by atoms with Gasteiger partial charge in [-0.25, -0.2) is 4.79 Å². The second-order valence-corrected chi connectivity index (χ2v) is 11.2. The number of carboxylic acids is 1. The topological polar surface area (TPSA) is 81.8 Å². The number of nitrogens with one attached hydrogen (secondary N) is 1. The quantitative estimate of drug-likeness (QED) is 0.237. The first-order valence-corrected chi connectivity index (χ1v) is 14.2. The number of hydrogen-bond donors (Lipinski definition) is 2. The van der Waals surface area contributed by atoms with Crippen LogP contribution in [-0.2, 0) is 0 Å². The minimum atomic E-state index is -0.967. The molecular weight excluding hydrogens is 544 g/mol. The number of nitrogens with zero attached hydrogens (tertiary/aromatic N) is 3. The third-order valence-corrected chi connectivity index (χ3v) is 8.38. The van der Waals surface area contributed by atoms with E-state index in [2.05, 4.69) is 34.3 Å². The van der Waals surface area contributed by atoms with Crippen LogP contribution in [0, 0.1) is 5.92 Å². The molecule has 6 rings (SSSR count). The van der Waals surface area contributed by atoms with Gasteiger partial charge in [-0.15, -0.1) is 0 Å². The summed E-state index contributed by atoms with van der Waals surface area (Å²) in [4.78, 5) is 20.3. The molecule has 2 N–H and O–H groups in total. The predicted octanol–water partition coefficient (Wildman–Crippen LogP) is 7.11. The van der Waals surface area contributed by atoms with Gasteiger partial charge in [-0.2, -0.15) is 0 Å². The van der Waals surface area contributed by atoms with E-state index in [1.165, 1.54) is 0 Å². The van der Waals surface area contributed by atoms with Gasteiger partial charge < -0.3 is 24.6 Å². The zero-order chi connectivity index (χ0) is 27.8. The SMILES string of the molecule is CC1CCN(c2ccc(N3C(=S)N[C@H](c4ccccn4)[C@H]3c3ccc(-c4ccc(C(=O)O)cc4)o3)cc2Cl)CC1. The zero-order valence-electron chi connectivity index (χ0n) is 22.0. The van der Waals surface area contributed by atoms with Crippen molar-refractivity contribution in [1.29, 1.82) is 0 Å². The van der Waals surface area contributed by atoms with E-state index in [1.807, 2.05) is 41.3 Å². The maximum atomic E-state index is 11.3. The van der Waals surface area contributed by atoms with E-state index >= 15 is 0 Å². The highest BCUT2D eigenvalue weighted by Gasteiger charge is 2.42. The van der Waals surface area contributed by atoms with Crippen molar-refractivity contribution in [3.8, 4) is 11.3 Å². The number of hydrogen-bond acceptors (Lipinski definition) is 5. The van der Waals surface area contributed by atoms with Crippen LogP contribution in [0.2, 0.25) is 5.02 Å². The normalized spacial score (nSPS) is 19.6. The molecule has 2 atom stereocenters. The van der Waals surface area contributed by atoms with Gasteiger partial charge in [-0.3, -0.25) is 4.98 Å². The monoisotopic (exact) mass is 572 g/mol. The molecule has 0 spiro atoms. The number of aromatic carboxylic acids is 1. The molecule has 204 valence electrons. The Morgan fingerprint density at radius 1 is 1.07 bits per heavy atom. The summed E-state index contributed by atoms with van der Waals surface area (Å²) in [7, 11) is 0. The summed E-state index contributed by atoms with van der Waals surface area (Å²) in [5.74, 6) is 1.10. The molecule has 40 heavy (non-hydrogen) atoms. The highest BCUT2D eigenvalue weighted by atomic mass is 35.5. The number of halogens is 1. The summed E-state index contributed by atoms with van der Waals surface area (Å²) in [5.41, 5.74) is 3.75. The Kier molecular flexibility index (Phi) is 7.21. The molecule has 0 amide bonds. The standard InChI is InChI=1S/C31H29ClN4O3S/c1-19-13-16-35(17-14-19)25-10-9-22(18-23(25)32)36-29(28(34-31(36)40)24-4-2-3-15-33-24)27-12-11-26(39-27)20-5-7-21(8-6-20)30(37)38/h2-12,15,18-19,28-29H,13-14,16-17H2,1H3,(H,34,40)(H,37,38)/t28-,29-/m1/s1. The fourth-order valence-corrected chi connectivity index (χ4v) is 6.16. The van der Waals surface area contributed by atoms with Crippen LogP contribution < -0.4 is 15.1 Å². The number of benzene rings is 2. The van der Waals surface area contributed by atoms with Crippen LogP contribution in [0.1, 0.15) is 53.7 Å². The van der Waals surface area contributed by atoms with Crippen LogP contribution >= 0.6 is 23.8 Å². The molecule has 0 aliphatic carbocycles. The number of furan rings is 1. The molecule has 2 aliphatic rings. The number of carbonyl (C=O) groups is 1. The first-order chi connectivity index (χ1) is 19.4. The summed E-state index contributed by atoms with van der Waals surface area (Å²) in [6, 6.07) is 21.8. The van der Waals surface area contributed by atoms with Gasteiger partial charge >= 0.3 is 5.97 Å². The molecule has 9 heteroatoms. The van der Waals surface area contributed by atoms with Crippen LogP contribution in [0.5, 0.6) is 0 Å². The number of aromatic nitrogens is 1. The Morgan fingerprint density at radius 3 is 2.52 bits per heavy atom. The van der Waals surface area contributed by atoms with E-state index in [0.29, 0.717) is 21.7 Å². The van der Waals surface area contributed by atoms with Gasteiger partial charge in [0.05, 0.1) is 28.0 Å². The maximum absolute atomic E-state index is 11.3. The molecule has 0 saturated carbocycles. The summed E-state index contributed by atoms with van der Waals surface area (Å²) in [5, 5.41) is 13.9. The Morgan fingerprint density at radius 2 is 1.85 bits per heavy atom. The van der Waals surface area contributed by atoms with Crippen molar-refractivity contribution in [2.24, 2.45) is 5.92 Å². The molecule has 4 heterocycles. The molecule has 2 aliphatic heterocycles. The maximum Gasteiger partial charge on any atom is 0.335 e. The summed E-state index contributed by atoms with van der Waals surface area (Å²) >= 11 is 12.7. The van der Waals surface area contributed by atoms with Gasteiger partial charge in [0.15, 0.2) is 5.11 Å². The lowest BCUT2D eigenvalue weighted by atomic mass is 9.98. The number of carboxylic acid groups (broad SMARTS) is 1. The van der Waals surface area contributed by atoms with Crippen molar-refractivity contribution in [1.82, 2.24) is 10.3 Å². The molecule has 0 radical (unpaired) electrons. The Bertz CT molecular complexity index is 1530. The number of thiocarbonyl (C=S) groups is 1. The van der Waals surface area contributed by atoms with Gasteiger partial charge in [-0.1, -0.05) is 36.7 Å². The summed E-state index contributed by atoms with van der Waals surface area (Å²) < 4.78 is 6.41. The first-order valence-electron chi connectivity index (χ1n) is 13.4. The van der Waals surface area contributed by atoms with Crippen molar-refractivity contribution in [2.45, 2.75) is 31.8 Å². The van der Waals surface area contributed by atoms with E-state index in [-0.39, 0.29) is 17.6 Å². The van der Waals surface area contributed by atoms with Crippen LogP contribution in [0.25, 0.3) is 11.3 Å². The van der Waals surface area contributed by atoms with E-state index < -0.39 is 5.97 Å². The number of rotatable bonds is 6. The molecule has 0 unspecified atom stereocenters. The van der Waals surface area contributed by atoms with Crippen molar-refractivity contribution < 1.29 is 14.3 Å². The molecular formula is C31H29ClN4O3S. The second-order valence-electron chi connectivity index (χ2n) is 10.4. The van der Waals surface area contributed by atoms with Crippen molar-refractivity contribution in [3.05, 3.63) is 101 Å². The van der Waals surface area contributed by atoms with Gasteiger partial charge in [0.25, 0.3) is 0 Å². The highest BCUT2D eigenvalue weighted by molar-refractivity contribution is 7.80. The lowest BCUT2D eigenvalue weighted by molar-refractivity contribution is 0.0697. The van der Waals surface area contributed by atoms with Crippen molar-refractivity contribution >= 4 is 46.3 Å². The number of piperidine rings is 1. The molecule has 2 aromatic heterocycles. The Hall–Kier alpha value is -3.88. The van der Waals surface area contributed by atoms with Crippen LogP contribution in [0.4, 0.5) is 11.4 Å². The van der Waals surface area contributed by atoms with Crippen molar-refractivity contribution in [3.63, 3.8) is 0 Å². The molecule has 2 aromatic carbocycles. The zero-order valence-corrected chi connectivity index (χ0v) is 23.5. The van der Waals surface area contributed by atoms with Crippen LogP contribution in [0.3, 0.4) is 0 Å². The first kappa shape index (κ1) is 26.3. The molecule has 7 nitrogen and oxygen atoms in total. The Labute approximate surface area is 243 Å². The van der Waals surface area contributed by atoms with Gasteiger partial charge in [0.1, 0.15) is 17.6 Å². The second kappa shape index (κ2) is 10.9. The molecule has 2 fully saturated rings. The van der Waals surface area contributed by atoms with Gasteiger partial charge in [0, 0.05) is 30.5 Å². The average Bonchev–Trinajstić information content (AvgIpc) is 3.59. The Balaban J connectivity index is 1.36. The van der Waals surface area contributed by atoms with E-state index in [0.717, 1.165) is 54.5 Å². The molecule has 4 aromatic rings. The van der Waals surface area contributed by atoms with E-state index in [9.17, 15) is 9.90 Å². The fraction of sp³-hybridized carbons (Fsp3) is 0.258. The van der Waals surface area contributed by atoms with Gasteiger partial charge in [-0.05, 0) is 85.6 Å². The number of anilines is 2. The van der Waals surface area contributed by atoms with E-state index in [1.54, 1.807) is 30.5 Å². The van der Waals surface area contributed by atoms with E-state index in [4.69, 9.17) is 28.2 Å². The van der Waals surface area contributed by atoms with Gasteiger partial charge in [0.2, 0.25) is 0 Å². The lowest BCUT2D eigenvalue weighted by Crippen LogP contribution is -2.33. The van der Waals surface area contributed by atoms with Crippen LogP contribution in [0.15, 0.2) is 83.4 Å². The molecule has 2 saturated heterocycles. The summed E-state index contributed by atoms with van der Waals surface area (Å²) in [6.45, 7) is 4.29. The van der Waals surface area contributed by atoms with Crippen LogP contribution in [-0.4, -0.2) is 34.3 Å². The minimum Gasteiger partial charge on any atom is -0.478 e. The summed E-state index contributed by atoms with van der Waals surface area (Å²) in [6.07, 6.45) is 4.08. The number of pyridine rings is 1. The third kappa shape index (κ3) is 5.05. The van der Waals surface area contributed by atoms with Crippen molar-refractivity contribution in [2.75, 3.05) is 22.9 Å². The predicted molar refractivity (Wildman–Crippen MR) is 161 cm³/mol. The molecule has 0 bridgehead atoms. The third-order valence-electron chi connectivity index (χ3n) is 7.77. The average molecular weight is 573 g/mol. The smallest absolute Gasteiger partial charge is 0.335 e. The highest BCUT2D eigenvalue weighted by Crippen LogP contribution is 2.44.